The van der Waals surface area contributed by atoms with Gasteiger partial charge in [0.05, 0.1) is 6.54 Å². The Kier molecular flexibility index (Phi) is 6.32. The number of rotatable bonds is 5. The van der Waals surface area contributed by atoms with Gasteiger partial charge in [0.15, 0.2) is 0 Å². The van der Waals surface area contributed by atoms with Crippen LogP contribution in [-0.2, 0) is 14.4 Å². The Morgan fingerprint density at radius 3 is 2.48 bits per heavy atom. The smallest absolute Gasteiger partial charge is 0.239 e. The van der Waals surface area contributed by atoms with Crippen LogP contribution in [0.15, 0.2) is 24.3 Å². The molecule has 2 N–H and O–H groups in total. The minimum atomic E-state index is -0.0545. The largest absolute Gasteiger partial charge is 0.360 e. The van der Waals surface area contributed by atoms with Crippen molar-refractivity contribution in [2.45, 2.75) is 32.6 Å². The number of piperazine rings is 1. The fourth-order valence-corrected chi connectivity index (χ4v) is 3.62. The van der Waals surface area contributed by atoms with E-state index in [4.69, 9.17) is 0 Å². The number of piperidine rings is 1. The number of carbonyl (C=O) groups is 3. The first kappa shape index (κ1) is 19.2. The zero-order valence-electron chi connectivity index (χ0n) is 15.9. The van der Waals surface area contributed by atoms with E-state index in [9.17, 15) is 14.4 Å². The van der Waals surface area contributed by atoms with Gasteiger partial charge < -0.3 is 20.4 Å². The van der Waals surface area contributed by atoms with Crippen LogP contribution in [0.3, 0.4) is 0 Å². The average Bonchev–Trinajstić information content (AvgIpc) is 2.69. The van der Waals surface area contributed by atoms with Gasteiger partial charge in [-0.15, -0.1) is 0 Å². The van der Waals surface area contributed by atoms with Gasteiger partial charge >= 0.3 is 0 Å². The lowest BCUT2D eigenvalue weighted by atomic mass is 9.95. The molecule has 2 aliphatic heterocycles. The highest BCUT2D eigenvalue weighted by atomic mass is 16.2. The minimum absolute atomic E-state index is 0.0164. The van der Waals surface area contributed by atoms with Crippen LogP contribution >= 0.6 is 0 Å². The van der Waals surface area contributed by atoms with E-state index in [1.807, 2.05) is 41.0 Å². The molecule has 7 heteroatoms. The van der Waals surface area contributed by atoms with E-state index < -0.39 is 0 Å². The number of amides is 3. The van der Waals surface area contributed by atoms with Crippen LogP contribution in [0.25, 0.3) is 0 Å². The maximum Gasteiger partial charge on any atom is 0.239 e. The molecule has 7 nitrogen and oxygen atoms in total. The number of carbonyl (C=O) groups excluding carboxylic acids is 3. The van der Waals surface area contributed by atoms with E-state index in [1.54, 1.807) is 0 Å². The van der Waals surface area contributed by atoms with Gasteiger partial charge in [0.25, 0.3) is 0 Å². The summed E-state index contributed by atoms with van der Waals surface area (Å²) in [5.41, 5.74) is 1.74. The van der Waals surface area contributed by atoms with Crippen LogP contribution in [0.5, 0.6) is 0 Å². The van der Waals surface area contributed by atoms with E-state index in [0.29, 0.717) is 45.4 Å². The summed E-state index contributed by atoms with van der Waals surface area (Å²) in [6, 6.07) is 7.61. The Labute approximate surface area is 160 Å². The molecule has 146 valence electrons. The van der Waals surface area contributed by atoms with E-state index in [1.165, 1.54) is 0 Å². The van der Waals surface area contributed by atoms with Crippen molar-refractivity contribution in [3.63, 3.8) is 0 Å². The molecular formula is C20H28N4O3. The van der Waals surface area contributed by atoms with Crippen LogP contribution in [0, 0.1) is 5.92 Å². The number of hydrogen-bond acceptors (Lipinski definition) is 4. The Balaban J connectivity index is 1.50. The lowest BCUT2D eigenvalue weighted by molar-refractivity contribution is -0.134. The number of anilines is 2. The second kappa shape index (κ2) is 8.88. The molecule has 3 amide bonds. The lowest BCUT2D eigenvalue weighted by Crippen LogP contribution is -2.47. The number of benzene rings is 1. The maximum atomic E-state index is 12.5. The van der Waals surface area contributed by atoms with Crippen LogP contribution in [0.4, 0.5) is 11.4 Å². The quantitative estimate of drug-likeness (QED) is 0.823. The number of hydrogen-bond donors (Lipinski definition) is 2. The Bertz CT molecular complexity index is 681. The molecule has 0 spiro atoms. The van der Waals surface area contributed by atoms with Gasteiger partial charge in [0.2, 0.25) is 17.7 Å². The first-order valence-electron chi connectivity index (χ1n) is 9.77. The Morgan fingerprint density at radius 1 is 1.15 bits per heavy atom. The lowest BCUT2D eigenvalue weighted by Gasteiger charge is -2.31. The fraction of sp³-hybridized carbons (Fsp3) is 0.550. The molecule has 3 rings (SSSR count). The Hall–Kier alpha value is -2.57. The molecule has 2 aliphatic rings. The molecule has 0 radical (unpaired) electrons. The number of nitrogens with zero attached hydrogens (tertiary/aromatic N) is 2. The third kappa shape index (κ3) is 4.99. The van der Waals surface area contributed by atoms with Crippen LogP contribution in [0.2, 0.25) is 0 Å². The van der Waals surface area contributed by atoms with E-state index in [0.717, 1.165) is 24.3 Å². The van der Waals surface area contributed by atoms with Gasteiger partial charge in [-0.1, -0.05) is 6.92 Å². The zero-order valence-corrected chi connectivity index (χ0v) is 15.9. The number of likely N-dealkylation sites (tertiary alicyclic amines) is 1. The van der Waals surface area contributed by atoms with E-state index >= 15 is 0 Å². The van der Waals surface area contributed by atoms with E-state index in [-0.39, 0.29) is 23.6 Å². The summed E-state index contributed by atoms with van der Waals surface area (Å²) in [7, 11) is 0. The van der Waals surface area contributed by atoms with Crippen molar-refractivity contribution in [2.24, 2.45) is 5.92 Å². The summed E-state index contributed by atoms with van der Waals surface area (Å²) >= 11 is 0. The number of nitrogens with one attached hydrogen (secondary N) is 2. The van der Waals surface area contributed by atoms with Crippen molar-refractivity contribution < 1.29 is 14.4 Å². The zero-order chi connectivity index (χ0) is 19.2. The molecule has 0 atom stereocenters. The summed E-state index contributed by atoms with van der Waals surface area (Å²) in [5.74, 6) is 0.185. The van der Waals surface area contributed by atoms with Crippen LogP contribution in [-0.4, -0.2) is 55.3 Å². The predicted octanol–water partition coefficient (Wildman–Crippen LogP) is 1.60. The summed E-state index contributed by atoms with van der Waals surface area (Å²) in [5, 5.41) is 5.79. The normalized spacial score (nSPS) is 18.2. The molecule has 0 aromatic heterocycles. The Morgan fingerprint density at radius 2 is 1.85 bits per heavy atom. The SMILES string of the molecule is CCCC(=O)N1CCC(C(=O)Nc2ccc(N3CCNC(=O)C3)cc2)CC1. The monoisotopic (exact) mass is 372 g/mol. The molecule has 0 aliphatic carbocycles. The first-order valence-corrected chi connectivity index (χ1v) is 9.77. The average molecular weight is 372 g/mol. The summed E-state index contributed by atoms with van der Waals surface area (Å²) in [6.45, 7) is 5.12. The van der Waals surface area contributed by atoms with Crippen molar-refractivity contribution in [3.8, 4) is 0 Å². The van der Waals surface area contributed by atoms with Crippen LogP contribution < -0.4 is 15.5 Å². The molecule has 27 heavy (non-hydrogen) atoms. The van der Waals surface area contributed by atoms with Crippen molar-refractivity contribution in [3.05, 3.63) is 24.3 Å². The first-order chi connectivity index (χ1) is 13.1. The fourth-order valence-electron chi connectivity index (χ4n) is 3.62. The van der Waals surface area contributed by atoms with Crippen molar-refractivity contribution in [1.82, 2.24) is 10.2 Å². The van der Waals surface area contributed by atoms with Crippen LogP contribution in [0.1, 0.15) is 32.6 Å². The second-order valence-corrected chi connectivity index (χ2v) is 7.21. The van der Waals surface area contributed by atoms with Crippen molar-refractivity contribution in [1.29, 1.82) is 0 Å². The highest BCUT2D eigenvalue weighted by Gasteiger charge is 2.27. The summed E-state index contributed by atoms with van der Waals surface area (Å²) in [6.07, 6.45) is 2.86. The van der Waals surface area contributed by atoms with Gasteiger partial charge in [0.1, 0.15) is 0 Å². The molecule has 1 aromatic carbocycles. The molecule has 0 unspecified atom stereocenters. The van der Waals surface area contributed by atoms with Gasteiger partial charge in [-0.25, -0.2) is 0 Å². The second-order valence-electron chi connectivity index (χ2n) is 7.21. The summed E-state index contributed by atoms with van der Waals surface area (Å²) < 4.78 is 0. The third-order valence-electron chi connectivity index (χ3n) is 5.22. The van der Waals surface area contributed by atoms with Gasteiger partial charge in [0, 0.05) is 49.9 Å². The van der Waals surface area contributed by atoms with Gasteiger partial charge in [-0.05, 0) is 43.5 Å². The van der Waals surface area contributed by atoms with Crippen molar-refractivity contribution in [2.75, 3.05) is 42.9 Å². The summed E-state index contributed by atoms with van der Waals surface area (Å²) in [4.78, 5) is 39.9. The molecule has 2 fully saturated rings. The molecule has 0 saturated carbocycles. The highest BCUT2D eigenvalue weighted by molar-refractivity contribution is 5.93. The molecule has 2 heterocycles. The molecular weight excluding hydrogens is 344 g/mol. The van der Waals surface area contributed by atoms with Gasteiger partial charge in [-0.2, -0.15) is 0 Å². The highest BCUT2D eigenvalue weighted by Crippen LogP contribution is 2.22. The topological polar surface area (TPSA) is 81.8 Å². The maximum absolute atomic E-state index is 12.5. The standard InChI is InChI=1S/C20H28N4O3/c1-2-3-19(26)23-11-8-15(9-12-23)20(27)22-16-4-6-17(7-5-16)24-13-10-21-18(25)14-24/h4-7,15H,2-3,8-14H2,1H3,(H,21,25)(H,22,27). The molecule has 2 saturated heterocycles. The van der Waals surface area contributed by atoms with E-state index in [2.05, 4.69) is 10.6 Å². The molecule has 1 aromatic rings. The van der Waals surface area contributed by atoms with Crippen molar-refractivity contribution >= 4 is 29.1 Å². The predicted molar refractivity (Wildman–Crippen MR) is 105 cm³/mol. The molecule has 0 bridgehead atoms. The minimum Gasteiger partial charge on any atom is -0.360 e. The van der Waals surface area contributed by atoms with Gasteiger partial charge in [-0.3, -0.25) is 14.4 Å². The third-order valence-corrected chi connectivity index (χ3v) is 5.22.